The number of hydrogen-bond donors (Lipinski definition) is 2. The molecule has 0 saturated carbocycles. The Balaban J connectivity index is 1.62. The third-order valence-corrected chi connectivity index (χ3v) is 4.51. The molecule has 0 spiro atoms. The highest BCUT2D eigenvalue weighted by molar-refractivity contribution is 5.85. The summed E-state index contributed by atoms with van der Waals surface area (Å²) in [4.78, 5) is 25.0. The fourth-order valence-electron chi connectivity index (χ4n) is 2.91. The predicted octanol–water partition coefficient (Wildman–Crippen LogP) is 3.98. The zero-order valence-corrected chi connectivity index (χ0v) is 16.4. The molecule has 0 aromatic heterocycles. The first-order valence-electron chi connectivity index (χ1n) is 9.64. The van der Waals surface area contributed by atoms with Crippen molar-refractivity contribution in [2.45, 2.75) is 25.6 Å². The molecule has 2 N–H and O–H groups in total. The molecule has 3 aromatic rings. The zero-order valence-electron chi connectivity index (χ0n) is 16.4. The van der Waals surface area contributed by atoms with E-state index in [1.807, 2.05) is 60.7 Å². The molecular weight excluding hydrogens is 383 g/mol. The van der Waals surface area contributed by atoms with Crippen molar-refractivity contribution in [1.82, 2.24) is 10.6 Å². The van der Waals surface area contributed by atoms with Crippen LogP contribution in [0.2, 0.25) is 0 Å². The maximum atomic E-state index is 13.8. The SMILES string of the molecule is O=C(N[C@@H](Cc1ccccc1)C(=O)NCc1ccccc1F)OCc1ccccc1. The van der Waals surface area contributed by atoms with Gasteiger partial charge in [0.15, 0.2) is 0 Å². The minimum Gasteiger partial charge on any atom is -0.445 e. The van der Waals surface area contributed by atoms with Gasteiger partial charge in [0.2, 0.25) is 5.91 Å². The summed E-state index contributed by atoms with van der Waals surface area (Å²) < 4.78 is 19.1. The van der Waals surface area contributed by atoms with E-state index in [0.29, 0.717) is 5.56 Å². The maximum absolute atomic E-state index is 13.8. The van der Waals surface area contributed by atoms with Crippen molar-refractivity contribution in [1.29, 1.82) is 0 Å². The second-order valence-electron chi connectivity index (χ2n) is 6.76. The number of amides is 2. The molecular formula is C24H23FN2O3. The van der Waals surface area contributed by atoms with Crippen LogP contribution in [0.3, 0.4) is 0 Å². The van der Waals surface area contributed by atoms with Gasteiger partial charge in [-0.15, -0.1) is 0 Å². The van der Waals surface area contributed by atoms with Crippen molar-refractivity contribution in [3.05, 3.63) is 107 Å². The Morgan fingerprint density at radius 2 is 1.43 bits per heavy atom. The lowest BCUT2D eigenvalue weighted by molar-refractivity contribution is -0.123. The number of carbonyl (C=O) groups is 2. The number of alkyl carbamates (subject to hydrolysis) is 1. The molecule has 3 aromatic carbocycles. The van der Waals surface area contributed by atoms with Crippen LogP contribution in [0.1, 0.15) is 16.7 Å². The molecule has 0 radical (unpaired) electrons. The van der Waals surface area contributed by atoms with E-state index < -0.39 is 23.9 Å². The Hall–Kier alpha value is -3.67. The van der Waals surface area contributed by atoms with Crippen LogP contribution in [-0.4, -0.2) is 18.0 Å². The molecule has 2 amide bonds. The summed E-state index contributed by atoms with van der Waals surface area (Å²) in [7, 11) is 0. The van der Waals surface area contributed by atoms with Gasteiger partial charge in [-0.25, -0.2) is 9.18 Å². The third kappa shape index (κ3) is 6.44. The van der Waals surface area contributed by atoms with Crippen molar-refractivity contribution in [2.75, 3.05) is 0 Å². The topological polar surface area (TPSA) is 67.4 Å². The van der Waals surface area contributed by atoms with E-state index in [4.69, 9.17) is 4.74 Å². The van der Waals surface area contributed by atoms with Gasteiger partial charge in [-0.05, 0) is 17.2 Å². The van der Waals surface area contributed by atoms with E-state index >= 15 is 0 Å². The lowest BCUT2D eigenvalue weighted by atomic mass is 10.1. The molecule has 0 fully saturated rings. The Bertz CT molecular complexity index is 964. The average molecular weight is 406 g/mol. The van der Waals surface area contributed by atoms with Gasteiger partial charge < -0.3 is 15.4 Å². The fourth-order valence-corrected chi connectivity index (χ4v) is 2.91. The Labute approximate surface area is 174 Å². The quantitative estimate of drug-likeness (QED) is 0.595. The maximum Gasteiger partial charge on any atom is 0.408 e. The van der Waals surface area contributed by atoms with Crippen LogP contribution in [0.25, 0.3) is 0 Å². The summed E-state index contributed by atoms with van der Waals surface area (Å²) >= 11 is 0. The van der Waals surface area contributed by atoms with Gasteiger partial charge in [0.25, 0.3) is 0 Å². The molecule has 0 aliphatic heterocycles. The van der Waals surface area contributed by atoms with Crippen LogP contribution in [0, 0.1) is 5.82 Å². The van der Waals surface area contributed by atoms with Gasteiger partial charge in [-0.1, -0.05) is 78.9 Å². The van der Waals surface area contributed by atoms with Crippen LogP contribution in [0.5, 0.6) is 0 Å². The first kappa shape index (κ1) is 21.0. The van der Waals surface area contributed by atoms with Crippen molar-refractivity contribution in [3.63, 3.8) is 0 Å². The molecule has 3 rings (SSSR count). The van der Waals surface area contributed by atoms with E-state index in [2.05, 4.69) is 10.6 Å². The molecule has 154 valence electrons. The highest BCUT2D eigenvalue weighted by Gasteiger charge is 2.22. The Morgan fingerprint density at radius 3 is 2.10 bits per heavy atom. The smallest absolute Gasteiger partial charge is 0.408 e. The molecule has 0 heterocycles. The molecule has 0 aliphatic rings. The van der Waals surface area contributed by atoms with E-state index in [1.54, 1.807) is 18.2 Å². The summed E-state index contributed by atoms with van der Waals surface area (Å²) in [6.07, 6.45) is -0.412. The standard InChI is InChI=1S/C24H23FN2O3/c25-21-14-8-7-13-20(21)16-26-23(28)22(15-18-9-3-1-4-10-18)27-24(29)30-17-19-11-5-2-6-12-19/h1-14,22H,15-17H2,(H,26,28)(H,27,29)/t22-/m0/s1. The van der Waals surface area contributed by atoms with Crippen molar-refractivity contribution in [2.24, 2.45) is 0 Å². The van der Waals surface area contributed by atoms with Crippen LogP contribution in [0.4, 0.5) is 9.18 Å². The van der Waals surface area contributed by atoms with E-state index in [-0.39, 0.29) is 19.6 Å². The number of halogens is 1. The van der Waals surface area contributed by atoms with Crippen molar-refractivity contribution in [3.8, 4) is 0 Å². The van der Waals surface area contributed by atoms with Crippen LogP contribution in [-0.2, 0) is 29.1 Å². The first-order chi connectivity index (χ1) is 14.6. The molecule has 0 bridgehead atoms. The normalized spacial score (nSPS) is 11.4. The second kappa shape index (κ2) is 10.8. The van der Waals surface area contributed by atoms with Crippen LogP contribution in [0.15, 0.2) is 84.9 Å². The first-order valence-corrected chi connectivity index (χ1v) is 9.64. The predicted molar refractivity (Wildman–Crippen MR) is 112 cm³/mol. The molecule has 1 atom stereocenters. The Kier molecular flexibility index (Phi) is 7.55. The molecule has 5 nitrogen and oxygen atoms in total. The molecule has 30 heavy (non-hydrogen) atoms. The second-order valence-corrected chi connectivity index (χ2v) is 6.76. The lowest BCUT2D eigenvalue weighted by Gasteiger charge is -2.19. The van der Waals surface area contributed by atoms with Gasteiger partial charge in [0.05, 0.1) is 0 Å². The van der Waals surface area contributed by atoms with E-state index in [1.165, 1.54) is 6.07 Å². The summed E-state index contributed by atoms with van der Waals surface area (Å²) in [5, 5.41) is 5.31. The van der Waals surface area contributed by atoms with E-state index in [0.717, 1.165) is 11.1 Å². The monoisotopic (exact) mass is 406 g/mol. The summed E-state index contributed by atoms with van der Waals surface area (Å²) in [6, 6.07) is 24.0. The highest BCUT2D eigenvalue weighted by atomic mass is 19.1. The van der Waals surface area contributed by atoms with Gasteiger partial charge in [0.1, 0.15) is 18.5 Å². The summed E-state index contributed by atoms with van der Waals surface area (Å²) in [5.41, 5.74) is 2.10. The number of carbonyl (C=O) groups excluding carboxylic acids is 2. The molecule has 6 heteroatoms. The zero-order chi connectivity index (χ0) is 21.2. The lowest BCUT2D eigenvalue weighted by Crippen LogP contribution is -2.48. The molecule has 0 saturated heterocycles. The summed E-state index contributed by atoms with van der Waals surface area (Å²) in [5.74, 6) is -0.814. The van der Waals surface area contributed by atoms with Gasteiger partial charge in [0, 0.05) is 18.5 Å². The Morgan fingerprint density at radius 1 is 0.833 bits per heavy atom. The third-order valence-electron chi connectivity index (χ3n) is 4.51. The van der Waals surface area contributed by atoms with Crippen molar-refractivity contribution < 1.29 is 18.7 Å². The average Bonchev–Trinajstić information content (AvgIpc) is 2.78. The number of nitrogens with one attached hydrogen (secondary N) is 2. The highest BCUT2D eigenvalue weighted by Crippen LogP contribution is 2.08. The van der Waals surface area contributed by atoms with Gasteiger partial charge in [-0.2, -0.15) is 0 Å². The fraction of sp³-hybridized carbons (Fsp3) is 0.167. The largest absolute Gasteiger partial charge is 0.445 e. The van der Waals surface area contributed by atoms with Gasteiger partial charge >= 0.3 is 6.09 Å². The van der Waals surface area contributed by atoms with Crippen LogP contribution >= 0.6 is 0 Å². The van der Waals surface area contributed by atoms with E-state index in [9.17, 15) is 14.0 Å². The summed E-state index contributed by atoms with van der Waals surface area (Å²) in [6.45, 7) is 0.124. The van der Waals surface area contributed by atoms with Crippen LogP contribution < -0.4 is 10.6 Å². The minimum absolute atomic E-state index is 0.0253. The molecule has 0 aliphatic carbocycles. The minimum atomic E-state index is -0.859. The van der Waals surface area contributed by atoms with Crippen molar-refractivity contribution >= 4 is 12.0 Å². The number of ether oxygens (including phenoxy) is 1. The number of rotatable bonds is 8. The molecule has 0 unspecified atom stereocenters. The number of hydrogen-bond acceptors (Lipinski definition) is 3. The number of benzene rings is 3. The van der Waals surface area contributed by atoms with Gasteiger partial charge in [-0.3, -0.25) is 4.79 Å².